The maximum atomic E-state index is 11.0. The van der Waals surface area contributed by atoms with Gasteiger partial charge in [-0.3, -0.25) is 0 Å². The smallest absolute Gasteiger partial charge is 0.345 e. The van der Waals surface area contributed by atoms with Gasteiger partial charge in [-0.2, -0.15) is 0 Å². The molecule has 1 N–H and O–H groups in total. The zero-order valence-electron chi connectivity index (χ0n) is 11.9. The van der Waals surface area contributed by atoms with E-state index in [1.807, 2.05) is 18.2 Å². The fourth-order valence-corrected chi connectivity index (χ4v) is 3.62. The van der Waals surface area contributed by atoms with Gasteiger partial charge in [-0.1, -0.05) is 0 Å². The molecule has 4 nitrogen and oxygen atoms in total. The van der Waals surface area contributed by atoms with Gasteiger partial charge in [-0.05, 0) is 62.0 Å². The maximum absolute atomic E-state index is 11.0. The normalized spacial score (nSPS) is 15.6. The van der Waals surface area contributed by atoms with Crippen LogP contribution in [0.2, 0.25) is 0 Å². The number of carboxylic acid groups (broad SMARTS) is 1. The standard InChI is InChI=1S/C16H19NO3S/c18-16(19)15-10-12-4-5-13(11-14(12)21-15)20-9-3-8-17-6-1-2-7-17/h4-5,10-11H,1-3,6-9H2,(H,18,19). The van der Waals surface area contributed by atoms with Gasteiger partial charge in [0.1, 0.15) is 10.6 Å². The summed E-state index contributed by atoms with van der Waals surface area (Å²) in [6.45, 7) is 4.25. The third-order valence-electron chi connectivity index (χ3n) is 3.79. The quantitative estimate of drug-likeness (QED) is 0.830. The minimum atomic E-state index is -0.871. The number of likely N-dealkylation sites (tertiary alicyclic amines) is 1. The van der Waals surface area contributed by atoms with E-state index in [0.717, 1.165) is 28.8 Å². The zero-order valence-corrected chi connectivity index (χ0v) is 12.7. The molecular weight excluding hydrogens is 286 g/mol. The molecule has 0 radical (unpaired) electrons. The monoisotopic (exact) mass is 305 g/mol. The van der Waals surface area contributed by atoms with Crippen LogP contribution in [0.15, 0.2) is 24.3 Å². The van der Waals surface area contributed by atoms with E-state index in [-0.39, 0.29) is 0 Å². The van der Waals surface area contributed by atoms with Gasteiger partial charge in [0.25, 0.3) is 0 Å². The van der Waals surface area contributed by atoms with E-state index in [1.165, 1.54) is 37.3 Å². The molecule has 0 unspecified atom stereocenters. The van der Waals surface area contributed by atoms with Gasteiger partial charge in [-0.15, -0.1) is 11.3 Å². The van der Waals surface area contributed by atoms with E-state index < -0.39 is 5.97 Å². The third kappa shape index (κ3) is 3.54. The van der Waals surface area contributed by atoms with Crippen LogP contribution in [0.25, 0.3) is 10.1 Å². The van der Waals surface area contributed by atoms with Crippen molar-refractivity contribution in [2.24, 2.45) is 0 Å². The number of carbonyl (C=O) groups is 1. The van der Waals surface area contributed by atoms with Crippen LogP contribution in [0.3, 0.4) is 0 Å². The number of thiophene rings is 1. The van der Waals surface area contributed by atoms with Gasteiger partial charge >= 0.3 is 5.97 Å². The first-order valence-electron chi connectivity index (χ1n) is 7.34. The average Bonchev–Trinajstić information content (AvgIpc) is 3.12. The van der Waals surface area contributed by atoms with Gasteiger partial charge in [0, 0.05) is 11.2 Å². The maximum Gasteiger partial charge on any atom is 0.345 e. The molecule has 0 amide bonds. The Balaban J connectivity index is 1.55. The van der Waals surface area contributed by atoms with Gasteiger partial charge in [0.2, 0.25) is 0 Å². The molecular formula is C16H19NO3S. The minimum absolute atomic E-state index is 0.371. The number of ether oxygens (including phenoxy) is 1. The Hall–Kier alpha value is -1.59. The van der Waals surface area contributed by atoms with Crippen LogP contribution in [-0.4, -0.2) is 42.2 Å². The lowest BCUT2D eigenvalue weighted by Gasteiger charge is -2.14. The van der Waals surface area contributed by atoms with Crippen molar-refractivity contribution in [3.63, 3.8) is 0 Å². The zero-order chi connectivity index (χ0) is 14.7. The highest BCUT2D eigenvalue weighted by molar-refractivity contribution is 7.20. The fraction of sp³-hybridized carbons (Fsp3) is 0.438. The van der Waals surface area contributed by atoms with Crippen molar-refractivity contribution in [3.8, 4) is 5.75 Å². The summed E-state index contributed by atoms with van der Waals surface area (Å²) in [7, 11) is 0. The molecule has 0 saturated carbocycles. The highest BCUT2D eigenvalue weighted by Gasteiger charge is 2.11. The summed E-state index contributed by atoms with van der Waals surface area (Å²) in [6.07, 6.45) is 3.67. The number of hydrogen-bond donors (Lipinski definition) is 1. The number of carboxylic acids is 1. The summed E-state index contributed by atoms with van der Waals surface area (Å²) in [5.41, 5.74) is 0. The summed E-state index contributed by atoms with van der Waals surface area (Å²) in [5.74, 6) is -0.0491. The Morgan fingerprint density at radius 2 is 2.10 bits per heavy atom. The minimum Gasteiger partial charge on any atom is -0.493 e. The Bertz CT molecular complexity index is 631. The number of nitrogens with zero attached hydrogens (tertiary/aromatic N) is 1. The molecule has 112 valence electrons. The fourth-order valence-electron chi connectivity index (χ4n) is 2.69. The van der Waals surface area contributed by atoms with Crippen LogP contribution >= 0.6 is 11.3 Å². The first kappa shape index (κ1) is 14.4. The number of aromatic carboxylic acids is 1. The molecule has 0 spiro atoms. The van der Waals surface area contributed by atoms with Crippen molar-refractivity contribution in [1.82, 2.24) is 4.90 Å². The molecule has 1 aromatic carbocycles. The Morgan fingerprint density at radius 3 is 2.86 bits per heavy atom. The molecule has 1 aliphatic rings. The van der Waals surface area contributed by atoms with Crippen molar-refractivity contribution in [1.29, 1.82) is 0 Å². The number of benzene rings is 1. The first-order chi connectivity index (χ1) is 10.2. The van der Waals surface area contributed by atoms with E-state index in [1.54, 1.807) is 6.07 Å². The van der Waals surface area contributed by atoms with E-state index in [0.29, 0.717) is 11.5 Å². The summed E-state index contributed by atoms with van der Waals surface area (Å²) in [6, 6.07) is 7.48. The van der Waals surface area contributed by atoms with Crippen LogP contribution in [0.4, 0.5) is 0 Å². The van der Waals surface area contributed by atoms with Gasteiger partial charge in [-0.25, -0.2) is 4.79 Å². The van der Waals surface area contributed by atoms with E-state index in [9.17, 15) is 4.79 Å². The molecule has 1 aliphatic heterocycles. The molecule has 2 aromatic rings. The van der Waals surface area contributed by atoms with E-state index >= 15 is 0 Å². The largest absolute Gasteiger partial charge is 0.493 e. The molecule has 0 bridgehead atoms. The van der Waals surface area contributed by atoms with Crippen molar-refractivity contribution in [2.45, 2.75) is 19.3 Å². The van der Waals surface area contributed by atoms with Gasteiger partial charge in [0.05, 0.1) is 6.61 Å². The first-order valence-corrected chi connectivity index (χ1v) is 8.16. The highest BCUT2D eigenvalue weighted by atomic mass is 32.1. The summed E-state index contributed by atoms with van der Waals surface area (Å²) < 4.78 is 6.74. The molecule has 1 fully saturated rings. The lowest BCUT2D eigenvalue weighted by atomic mass is 10.2. The second kappa shape index (κ2) is 6.45. The molecule has 0 atom stereocenters. The Labute approximate surface area is 127 Å². The second-order valence-corrected chi connectivity index (χ2v) is 6.45. The third-order valence-corrected chi connectivity index (χ3v) is 4.87. The lowest BCUT2D eigenvalue weighted by Crippen LogP contribution is -2.21. The van der Waals surface area contributed by atoms with Gasteiger partial charge < -0.3 is 14.7 Å². The van der Waals surface area contributed by atoms with Crippen LogP contribution < -0.4 is 4.74 Å². The van der Waals surface area contributed by atoms with Crippen molar-refractivity contribution >= 4 is 27.4 Å². The molecule has 21 heavy (non-hydrogen) atoms. The predicted octanol–water partition coefficient (Wildman–Crippen LogP) is 3.46. The van der Waals surface area contributed by atoms with Crippen LogP contribution in [-0.2, 0) is 0 Å². The lowest BCUT2D eigenvalue weighted by molar-refractivity contribution is 0.0702. The van der Waals surface area contributed by atoms with Crippen LogP contribution in [0.1, 0.15) is 28.9 Å². The topological polar surface area (TPSA) is 49.8 Å². The average molecular weight is 305 g/mol. The van der Waals surface area contributed by atoms with E-state index in [2.05, 4.69) is 4.90 Å². The molecule has 1 aromatic heterocycles. The Morgan fingerprint density at radius 1 is 1.29 bits per heavy atom. The highest BCUT2D eigenvalue weighted by Crippen LogP contribution is 2.29. The molecule has 0 aliphatic carbocycles. The number of fused-ring (bicyclic) bond motifs is 1. The SMILES string of the molecule is O=C(O)c1cc2ccc(OCCCN3CCCC3)cc2s1. The van der Waals surface area contributed by atoms with Crippen LogP contribution in [0, 0.1) is 0 Å². The molecule has 3 rings (SSSR count). The van der Waals surface area contributed by atoms with E-state index in [4.69, 9.17) is 9.84 Å². The van der Waals surface area contributed by atoms with Crippen molar-refractivity contribution in [3.05, 3.63) is 29.1 Å². The van der Waals surface area contributed by atoms with Gasteiger partial charge in [0.15, 0.2) is 0 Å². The van der Waals surface area contributed by atoms with Crippen molar-refractivity contribution in [2.75, 3.05) is 26.2 Å². The summed E-state index contributed by atoms with van der Waals surface area (Å²) in [4.78, 5) is 13.8. The van der Waals surface area contributed by atoms with Crippen molar-refractivity contribution < 1.29 is 14.6 Å². The molecule has 2 heterocycles. The second-order valence-electron chi connectivity index (χ2n) is 5.37. The summed E-state index contributed by atoms with van der Waals surface area (Å²) >= 11 is 1.29. The summed E-state index contributed by atoms with van der Waals surface area (Å²) in [5, 5.41) is 9.97. The molecule has 1 saturated heterocycles. The molecule has 5 heteroatoms. The predicted molar refractivity (Wildman–Crippen MR) is 84.6 cm³/mol. The van der Waals surface area contributed by atoms with Crippen LogP contribution in [0.5, 0.6) is 5.75 Å². The number of hydrogen-bond acceptors (Lipinski definition) is 4. The Kier molecular flexibility index (Phi) is 4.41. The number of rotatable bonds is 6.